The maximum atomic E-state index is 13.5. The van der Waals surface area contributed by atoms with Crippen LogP contribution in [0.25, 0.3) is 11.0 Å². The molecule has 0 amide bonds. The third kappa shape index (κ3) is 3.50. The smallest absolute Gasteiger partial charge is 0.421 e. The lowest BCUT2D eigenvalue weighted by atomic mass is 9.83. The summed E-state index contributed by atoms with van der Waals surface area (Å²) in [6, 6.07) is 5.92. The number of benzene rings is 1. The van der Waals surface area contributed by atoms with Crippen molar-refractivity contribution in [2.45, 2.75) is 63.3 Å². The first kappa shape index (κ1) is 18.5. The molecule has 2 N–H and O–H groups in total. The van der Waals surface area contributed by atoms with Crippen molar-refractivity contribution in [3.63, 3.8) is 0 Å². The van der Waals surface area contributed by atoms with Crippen LogP contribution >= 0.6 is 0 Å². The topological polar surface area (TPSA) is 57.9 Å². The summed E-state index contributed by atoms with van der Waals surface area (Å²) in [6.45, 7) is 3.82. The van der Waals surface area contributed by atoms with Gasteiger partial charge in [0.1, 0.15) is 6.61 Å². The van der Waals surface area contributed by atoms with E-state index in [1.165, 1.54) is 25.2 Å². The van der Waals surface area contributed by atoms with Crippen LogP contribution < -0.4 is 15.0 Å². The highest BCUT2D eigenvalue weighted by atomic mass is 19.3. The number of nitrogens with zero attached hydrogens (tertiary/aromatic N) is 1. The van der Waals surface area contributed by atoms with Gasteiger partial charge in [-0.3, -0.25) is 0 Å². The van der Waals surface area contributed by atoms with Gasteiger partial charge >= 0.3 is 6.11 Å². The van der Waals surface area contributed by atoms with E-state index in [-0.39, 0.29) is 16.9 Å². The summed E-state index contributed by atoms with van der Waals surface area (Å²) in [4.78, 5) is 2.39. The molecule has 2 heterocycles. The van der Waals surface area contributed by atoms with Crippen LogP contribution in [-0.2, 0) is 0 Å². The molecule has 2 aromatic rings. The lowest BCUT2D eigenvalue weighted by Crippen LogP contribution is -2.67. The maximum Gasteiger partial charge on any atom is 0.421 e. The number of ether oxygens (including phenoxy) is 1. The Labute approximate surface area is 157 Å². The predicted octanol–water partition coefficient (Wildman–Crippen LogP) is 3.90. The molecule has 1 saturated heterocycles. The average molecular weight is 380 g/mol. The molecule has 1 aliphatic carbocycles. The van der Waals surface area contributed by atoms with Crippen molar-refractivity contribution >= 4 is 16.7 Å². The molecule has 1 saturated carbocycles. The van der Waals surface area contributed by atoms with Crippen LogP contribution in [0.2, 0.25) is 0 Å². The zero-order valence-electron chi connectivity index (χ0n) is 15.7. The number of hydrogen-bond acceptors (Lipinski definition) is 5. The van der Waals surface area contributed by atoms with E-state index in [9.17, 15) is 8.78 Å². The molecule has 0 bridgehead atoms. The Kier molecular flexibility index (Phi) is 4.55. The number of fused-ring (bicyclic) bond motifs is 2. The zero-order valence-corrected chi connectivity index (χ0v) is 15.7. The molecule has 5 nitrogen and oxygen atoms in total. The lowest BCUT2D eigenvalue weighted by Gasteiger charge is -2.52. The van der Waals surface area contributed by atoms with Gasteiger partial charge in [-0.05, 0) is 44.9 Å². The fourth-order valence-electron chi connectivity index (χ4n) is 4.55. The van der Waals surface area contributed by atoms with Crippen LogP contribution in [0.15, 0.2) is 28.9 Å². The number of halogens is 2. The van der Waals surface area contributed by atoms with Crippen LogP contribution in [0.1, 0.15) is 39.5 Å². The maximum absolute atomic E-state index is 13.5. The van der Waals surface area contributed by atoms with Crippen LogP contribution in [0.5, 0.6) is 5.75 Å². The number of nitrogens with one attached hydrogen (secondary N) is 1. The number of aliphatic hydroxyl groups excluding tert-OH is 1. The minimum absolute atomic E-state index is 0.0480. The molecule has 1 aliphatic heterocycles. The summed E-state index contributed by atoms with van der Waals surface area (Å²) >= 11 is 0. The molecule has 4 rings (SSSR count). The van der Waals surface area contributed by atoms with Crippen molar-refractivity contribution in [2.75, 3.05) is 18.1 Å². The fourth-order valence-corrected chi connectivity index (χ4v) is 4.55. The van der Waals surface area contributed by atoms with Crippen LogP contribution in [0.3, 0.4) is 0 Å². The molecule has 0 radical (unpaired) electrons. The van der Waals surface area contributed by atoms with Crippen molar-refractivity contribution in [3.8, 4) is 5.75 Å². The van der Waals surface area contributed by atoms with Crippen molar-refractivity contribution in [3.05, 3.63) is 24.5 Å². The van der Waals surface area contributed by atoms with Crippen molar-refractivity contribution in [1.29, 1.82) is 0 Å². The number of aliphatic hydroxyl groups is 1. The normalized spacial score (nSPS) is 25.4. The van der Waals surface area contributed by atoms with Crippen molar-refractivity contribution < 1.29 is 23.0 Å². The lowest BCUT2D eigenvalue weighted by molar-refractivity contribution is -0.200. The summed E-state index contributed by atoms with van der Waals surface area (Å²) < 4.78 is 37.2. The van der Waals surface area contributed by atoms with Gasteiger partial charge in [0.05, 0.1) is 6.26 Å². The number of rotatable bonds is 4. The van der Waals surface area contributed by atoms with Gasteiger partial charge in [0.25, 0.3) is 0 Å². The first-order valence-corrected chi connectivity index (χ1v) is 9.52. The molecule has 0 unspecified atom stereocenters. The highest BCUT2D eigenvalue weighted by molar-refractivity contribution is 5.95. The Morgan fingerprint density at radius 1 is 1.30 bits per heavy atom. The summed E-state index contributed by atoms with van der Waals surface area (Å²) in [5.74, 6) is -0.0626. The molecule has 0 spiro atoms. The second-order valence-electron chi connectivity index (χ2n) is 8.26. The Morgan fingerprint density at radius 2 is 2.07 bits per heavy atom. The fraction of sp³-hybridized carbons (Fsp3) is 0.600. The van der Waals surface area contributed by atoms with Crippen molar-refractivity contribution in [1.82, 2.24) is 5.32 Å². The van der Waals surface area contributed by atoms with Crippen LogP contribution in [0, 0.1) is 0 Å². The molecular formula is C20H26F2N2O3. The zero-order chi connectivity index (χ0) is 19.2. The van der Waals surface area contributed by atoms with Gasteiger partial charge in [-0.2, -0.15) is 8.78 Å². The van der Waals surface area contributed by atoms with Gasteiger partial charge in [-0.1, -0.05) is 12.8 Å². The second kappa shape index (κ2) is 6.63. The van der Waals surface area contributed by atoms with Gasteiger partial charge < -0.3 is 24.5 Å². The molecule has 2 fully saturated rings. The summed E-state index contributed by atoms with van der Waals surface area (Å²) in [5, 5.41) is 13.3. The van der Waals surface area contributed by atoms with Crippen LogP contribution in [-0.4, -0.2) is 42.0 Å². The molecule has 2 aliphatic rings. The second-order valence-corrected chi connectivity index (χ2v) is 8.26. The monoisotopic (exact) mass is 380 g/mol. The predicted molar refractivity (Wildman–Crippen MR) is 99.5 cm³/mol. The number of furan rings is 1. The number of alkyl halides is 2. The summed E-state index contributed by atoms with van der Waals surface area (Å²) in [6.07, 6.45) is 2.51. The Balaban J connectivity index is 1.74. The van der Waals surface area contributed by atoms with E-state index in [0.717, 1.165) is 30.5 Å². The minimum atomic E-state index is -3.65. The van der Waals surface area contributed by atoms with Gasteiger partial charge in [0, 0.05) is 35.2 Å². The molecule has 148 valence electrons. The summed E-state index contributed by atoms with van der Waals surface area (Å²) in [7, 11) is 0. The largest absolute Gasteiger partial charge is 0.460 e. The van der Waals surface area contributed by atoms with Crippen molar-refractivity contribution in [2.24, 2.45) is 0 Å². The van der Waals surface area contributed by atoms with Gasteiger partial charge in [0.2, 0.25) is 0 Å². The molecule has 7 heteroatoms. The van der Waals surface area contributed by atoms with E-state index < -0.39 is 12.7 Å². The number of anilines is 1. The molecule has 1 aromatic heterocycles. The van der Waals surface area contributed by atoms with Gasteiger partial charge in [0.15, 0.2) is 11.3 Å². The van der Waals surface area contributed by atoms with Crippen LogP contribution in [0.4, 0.5) is 14.5 Å². The Hall–Kier alpha value is -1.86. The average Bonchev–Trinajstić information content (AvgIpc) is 3.11. The van der Waals surface area contributed by atoms with E-state index in [0.29, 0.717) is 12.1 Å². The van der Waals surface area contributed by atoms with E-state index in [1.54, 1.807) is 6.07 Å². The highest BCUT2D eigenvalue weighted by Gasteiger charge is 2.41. The van der Waals surface area contributed by atoms with E-state index in [1.807, 2.05) is 6.07 Å². The minimum Gasteiger partial charge on any atom is -0.460 e. The highest BCUT2D eigenvalue weighted by Crippen LogP contribution is 2.41. The summed E-state index contributed by atoms with van der Waals surface area (Å²) in [5.41, 5.74) is 1.21. The first-order chi connectivity index (χ1) is 12.8. The van der Waals surface area contributed by atoms with Gasteiger partial charge in [-0.25, -0.2) is 0 Å². The SMILES string of the molecule is CC1(C)CN(c2ccc(OC(F)(F)CO)c3occc23)[C@H]2CCCC[C@H]2N1. The standard InChI is InChI=1S/C20H26F2N2O3/c1-19(2)11-24(16-6-4-3-5-14(16)23-19)15-7-8-17(27-20(21,22)12-25)18-13(15)9-10-26-18/h7-10,14,16,23,25H,3-6,11-12H2,1-2H3/t14-,16+/m1/s1. The first-order valence-electron chi connectivity index (χ1n) is 9.52. The molecular weight excluding hydrogens is 354 g/mol. The Morgan fingerprint density at radius 3 is 2.85 bits per heavy atom. The Bertz CT molecular complexity index is 821. The quantitative estimate of drug-likeness (QED) is 0.843. The number of piperazine rings is 1. The van der Waals surface area contributed by atoms with E-state index >= 15 is 0 Å². The van der Waals surface area contributed by atoms with Gasteiger partial charge in [-0.15, -0.1) is 0 Å². The third-order valence-electron chi connectivity index (χ3n) is 5.58. The molecule has 27 heavy (non-hydrogen) atoms. The molecule has 1 aromatic carbocycles. The van der Waals surface area contributed by atoms with E-state index in [4.69, 9.17) is 14.3 Å². The third-order valence-corrected chi connectivity index (χ3v) is 5.58. The molecule has 2 atom stereocenters. The van der Waals surface area contributed by atoms with E-state index in [2.05, 4.69) is 24.1 Å². The number of hydrogen-bond donors (Lipinski definition) is 2.